The molecule has 2 aromatic rings. The molecule has 1 saturated carbocycles. The number of hydrogen-bond acceptors (Lipinski definition) is 2. The van der Waals surface area contributed by atoms with Crippen molar-refractivity contribution >= 4 is 6.29 Å². The lowest BCUT2D eigenvalue weighted by molar-refractivity contribution is -0.112. The number of fused-ring (bicyclic) bond motifs is 1. The fraction of sp³-hybridized carbons (Fsp3) is 0.458. The molecule has 0 radical (unpaired) electrons. The van der Waals surface area contributed by atoms with E-state index in [-0.39, 0.29) is 0 Å². The molecule has 4 rings (SSSR count). The minimum Gasteiger partial charge on any atom is -0.319 e. The molecule has 2 aliphatic rings. The molecule has 1 unspecified atom stereocenters. The predicted molar refractivity (Wildman–Crippen MR) is 106 cm³/mol. The molecule has 1 fully saturated rings. The van der Waals surface area contributed by atoms with Gasteiger partial charge in [0.1, 0.15) is 6.29 Å². The molecule has 2 nitrogen and oxygen atoms in total. The number of hydrogen-bond donors (Lipinski definition) is 1. The van der Waals surface area contributed by atoms with E-state index in [4.69, 9.17) is 5.73 Å². The van der Waals surface area contributed by atoms with Crippen molar-refractivity contribution in [1.29, 1.82) is 0 Å². The van der Waals surface area contributed by atoms with Crippen LogP contribution >= 0.6 is 0 Å². The second-order valence-electron chi connectivity index (χ2n) is 8.45. The Morgan fingerprint density at radius 3 is 2.69 bits per heavy atom. The first-order chi connectivity index (χ1) is 12.6. The number of carbonyl (C=O) groups excluding carboxylic acids is 1. The standard InChI is InChI=1S/C24H29NO/c25-24(17-26)13-12-23(16-24)22-11-10-20-14-19(8-9-21(20)15-22)7-6-18-4-2-1-3-5-18/h1-5,10-11,15,17,19,23H,6-9,12-14,16,25H2/t19?,23-,24+/m0/s1. The van der Waals surface area contributed by atoms with Gasteiger partial charge in [0.05, 0.1) is 5.54 Å². The second-order valence-corrected chi connectivity index (χ2v) is 8.45. The molecule has 136 valence electrons. The van der Waals surface area contributed by atoms with Crippen molar-refractivity contribution in [3.8, 4) is 0 Å². The Morgan fingerprint density at radius 1 is 1.08 bits per heavy atom. The van der Waals surface area contributed by atoms with Crippen molar-refractivity contribution in [2.45, 2.75) is 62.8 Å². The average molecular weight is 348 g/mol. The van der Waals surface area contributed by atoms with Crippen LogP contribution in [0.4, 0.5) is 0 Å². The summed E-state index contributed by atoms with van der Waals surface area (Å²) in [4.78, 5) is 11.2. The smallest absolute Gasteiger partial charge is 0.139 e. The minimum absolute atomic E-state index is 0.450. The second kappa shape index (κ2) is 7.36. The Kier molecular flexibility index (Phi) is 4.95. The summed E-state index contributed by atoms with van der Waals surface area (Å²) in [6.45, 7) is 0. The lowest BCUT2D eigenvalue weighted by Gasteiger charge is -2.26. The van der Waals surface area contributed by atoms with Gasteiger partial charge in [0.2, 0.25) is 0 Å². The first-order valence-corrected chi connectivity index (χ1v) is 10.1. The summed E-state index contributed by atoms with van der Waals surface area (Å²) in [5.74, 6) is 1.25. The Morgan fingerprint density at radius 2 is 1.92 bits per heavy atom. The molecule has 3 atom stereocenters. The zero-order valence-electron chi connectivity index (χ0n) is 15.5. The summed E-state index contributed by atoms with van der Waals surface area (Å²) in [6.07, 6.45) is 9.78. The summed E-state index contributed by atoms with van der Waals surface area (Å²) in [6, 6.07) is 17.9. The van der Waals surface area contributed by atoms with Crippen LogP contribution in [0.5, 0.6) is 0 Å². The van der Waals surface area contributed by atoms with Crippen LogP contribution in [0.25, 0.3) is 0 Å². The van der Waals surface area contributed by atoms with Crippen molar-refractivity contribution in [2.24, 2.45) is 11.7 Å². The van der Waals surface area contributed by atoms with E-state index in [0.717, 1.165) is 31.5 Å². The van der Waals surface area contributed by atoms with Crippen LogP contribution in [0.15, 0.2) is 48.5 Å². The number of nitrogens with two attached hydrogens (primary N) is 1. The van der Waals surface area contributed by atoms with Gasteiger partial charge in [-0.3, -0.25) is 0 Å². The summed E-state index contributed by atoms with van der Waals surface area (Å²) < 4.78 is 0. The van der Waals surface area contributed by atoms with E-state index >= 15 is 0 Å². The Bertz CT molecular complexity index is 769. The van der Waals surface area contributed by atoms with Crippen molar-refractivity contribution in [3.05, 3.63) is 70.8 Å². The van der Waals surface area contributed by atoms with Crippen LogP contribution < -0.4 is 5.73 Å². The molecule has 0 aromatic heterocycles. The molecule has 2 aliphatic carbocycles. The summed E-state index contributed by atoms with van der Waals surface area (Å²) in [7, 11) is 0. The quantitative estimate of drug-likeness (QED) is 0.804. The molecule has 0 heterocycles. The van der Waals surface area contributed by atoms with E-state index in [2.05, 4.69) is 48.5 Å². The largest absolute Gasteiger partial charge is 0.319 e. The number of benzene rings is 2. The maximum Gasteiger partial charge on any atom is 0.139 e. The lowest BCUT2D eigenvalue weighted by Crippen LogP contribution is -2.38. The van der Waals surface area contributed by atoms with Gasteiger partial charge in [-0.2, -0.15) is 0 Å². The van der Waals surface area contributed by atoms with Gasteiger partial charge < -0.3 is 10.5 Å². The zero-order chi connectivity index (χ0) is 18.0. The first kappa shape index (κ1) is 17.5. The van der Waals surface area contributed by atoms with E-state index in [9.17, 15) is 4.79 Å². The highest BCUT2D eigenvalue weighted by Crippen LogP contribution is 2.40. The summed E-state index contributed by atoms with van der Waals surface area (Å²) >= 11 is 0. The summed E-state index contributed by atoms with van der Waals surface area (Å²) in [5, 5.41) is 0. The first-order valence-electron chi connectivity index (χ1n) is 10.1. The predicted octanol–water partition coefficient (Wildman–Crippen LogP) is 4.59. The van der Waals surface area contributed by atoms with Gasteiger partial charge in [0, 0.05) is 0 Å². The molecule has 0 aliphatic heterocycles. The van der Waals surface area contributed by atoms with Gasteiger partial charge in [-0.05, 0) is 85.5 Å². The van der Waals surface area contributed by atoms with Gasteiger partial charge >= 0.3 is 0 Å². The summed E-state index contributed by atoms with van der Waals surface area (Å²) in [5.41, 5.74) is 11.5. The molecule has 0 saturated heterocycles. The lowest BCUT2D eigenvalue weighted by atomic mass is 9.79. The van der Waals surface area contributed by atoms with Crippen LogP contribution in [0, 0.1) is 5.92 Å². The van der Waals surface area contributed by atoms with E-state index in [1.807, 2.05) is 0 Å². The Balaban J connectivity index is 1.39. The van der Waals surface area contributed by atoms with Crippen LogP contribution in [0.3, 0.4) is 0 Å². The average Bonchev–Trinajstić information content (AvgIpc) is 3.09. The highest BCUT2D eigenvalue weighted by atomic mass is 16.1. The van der Waals surface area contributed by atoms with E-state index < -0.39 is 5.54 Å². The third kappa shape index (κ3) is 3.76. The molecule has 2 heteroatoms. The molecule has 2 aromatic carbocycles. The normalized spacial score (nSPS) is 27.9. The van der Waals surface area contributed by atoms with Crippen molar-refractivity contribution in [1.82, 2.24) is 0 Å². The fourth-order valence-corrected chi connectivity index (χ4v) is 4.86. The van der Waals surface area contributed by atoms with Gasteiger partial charge in [-0.1, -0.05) is 48.5 Å². The number of rotatable bonds is 5. The maximum atomic E-state index is 11.2. The SMILES string of the molecule is N[C@]1(C=O)CC[C@H](c2ccc3c(c2)CCC(CCc2ccccc2)C3)C1. The minimum atomic E-state index is -0.594. The van der Waals surface area contributed by atoms with Crippen LogP contribution in [0.2, 0.25) is 0 Å². The molecular formula is C24H29NO. The topological polar surface area (TPSA) is 43.1 Å². The number of aldehydes is 1. The van der Waals surface area contributed by atoms with Gasteiger partial charge in [0.25, 0.3) is 0 Å². The Labute approximate surface area is 156 Å². The number of aryl methyl sites for hydroxylation is 2. The van der Waals surface area contributed by atoms with Crippen molar-refractivity contribution in [2.75, 3.05) is 0 Å². The highest BCUT2D eigenvalue weighted by molar-refractivity contribution is 5.65. The molecule has 0 spiro atoms. The third-order valence-corrected chi connectivity index (χ3v) is 6.54. The monoisotopic (exact) mass is 347 g/mol. The fourth-order valence-electron chi connectivity index (χ4n) is 4.86. The van der Waals surface area contributed by atoms with Crippen molar-refractivity contribution < 1.29 is 4.79 Å². The Hall–Kier alpha value is -1.93. The molecule has 2 N–H and O–H groups in total. The van der Waals surface area contributed by atoms with Crippen LogP contribution in [-0.4, -0.2) is 11.8 Å². The molecule has 26 heavy (non-hydrogen) atoms. The highest BCUT2D eigenvalue weighted by Gasteiger charge is 2.36. The van der Waals surface area contributed by atoms with Crippen LogP contribution in [0.1, 0.15) is 60.3 Å². The molecule has 0 bridgehead atoms. The van der Waals surface area contributed by atoms with E-state index in [1.165, 1.54) is 54.4 Å². The zero-order valence-corrected chi connectivity index (χ0v) is 15.5. The third-order valence-electron chi connectivity index (χ3n) is 6.54. The van der Waals surface area contributed by atoms with Gasteiger partial charge in [0.15, 0.2) is 0 Å². The maximum absolute atomic E-state index is 11.2. The van der Waals surface area contributed by atoms with Gasteiger partial charge in [-0.15, -0.1) is 0 Å². The van der Waals surface area contributed by atoms with Crippen molar-refractivity contribution in [3.63, 3.8) is 0 Å². The number of carbonyl (C=O) groups is 1. The van der Waals surface area contributed by atoms with Crippen LogP contribution in [-0.2, 0) is 24.1 Å². The van der Waals surface area contributed by atoms with E-state index in [1.54, 1.807) is 0 Å². The van der Waals surface area contributed by atoms with Gasteiger partial charge in [-0.25, -0.2) is 0 Å². The molecule has 0 amide bonds. The molecular weight excluding hydrogens is 318 g/mol. The van der Waals surface area contributed by atoms with E-state index in [0.29, 0.717) is 5.92 Å².